The second-order valence-corrected chi connectivity index (χ2v) is 12.0. The monoisotopic (exact) mass is 564 g/mol. The number of sulfonamides is 1. The first-order valence-electron chi connectivity index (χ1n) is 12.3. The maximum absolute atomic E-state index is 13.4. The van der Waals surface area contributed by atoms with Crippen molar-refractivity contribution in [1.29, 1.82) is 0 Å². The Labute approximate surface area is 218 Å². The average molecular weight is 565 g/mol. The van der Waals surface area contributed by atoms with Gasteiger partial charge in [0.05, 0.1) is 6.26 Å². The summed E-state index contributed by atoms with van der Waals surface area (Å²) in [5.41, 5.74) is -2.90. The molecule has 2 aromatic rings. The molecule has 0 saturated carbocycles. The van der Waals surface area contributed by atoms with Crippen LogP contribution < -0.4 is 0 Å². The number of hydrogen-bond donors (Lipinski definition) is 1. The number of hydrogen-bond acceptors (Lipinski definition) is 4. The van der Waals surface area contributed by atoms with Gasteiger partial charge in [0.2, 0.25) is 10.0 Å². The van der Waals surface area contributed by atoms with E-state index in [4.69, 9.17) is 0 Å². The van der Waals surface area contributed by atoms with E-state index in [9.17, 15) is 39.9 Å². The number of fused-ring (bicyclic) bond motifs is 2. The van der Waals surface area contributed by atoms with Gasteiger partial charge in [0.15, 0.2) is 0 Å². The van der Waals surface area contributed by atoms with E-state index < -0.39 is 33.5 Å². The minimum Gasteiger partial charge on any atom is -0.369 e. The largest absolute Gasteiger partial charge is 0.430 e. The molecular weight excluding hydrogens is 534 g/mol. The fourth-order valence-electron chi connectivity index (χ4n) is 5.75. The summed E-state index contributed by atoms with van der Waals surface area (Å²) in [5, 5.41) is 9.82. The molecule has 0 amide bonds. The normalized spacial score (nSPS) is 21.4. The Bertz CT molecular complexity index is 1280. The van der Waals surface area contributed by atoms with Crippen molar-refractivity contribution in [2.24, 2.45) is 0 Å². The quantitative estimate of drug-likeness (QED) is 0.481. The molecule has 0 aromatic heterocycles. The Morgan fingerprint density at radius 2 is 1.37 bits per heavy atom. The van der Waals surface area contributed by atoms with Crippen molar-refractivity contribution in [3.8, 4) is 11.1 Å². The van der Waals surface area contributed by atoms with Crippen LogP contribution in [0.25, 0.3) is 11.1 Å². The first-order chi connectivity index (χ1) is 17.5. The van der Waals surface area contributed by atoms with Gasteiger partial charge in [0.1, 0.15) is 0 Å². The van der Waals surface area contributed by atoms with Crippen molar-refractivity contribution >= 4 is 10.0 Å². The molecule has 12 heteroatoms. The molecule has 3 saturated heterocycles. The third-order valence-corrected chi connectivity index (χ3v) is 8.92. The topological polar surface area (TPSA) is 60.9 Å². The van der Waals surface area contributed by atoms with Crippen molar-refractivity contribution in [3.63, 3.8) is 0 Å². The molecule has 5 rings (SSSR count). The van der Waals surface area contributed by atoms with Crippen LogP contribution in [0.15, 0.2) is 36.4 Å². The Hall–Kier alpha value is -2.15. The maximum Gasteiger partial charge on any atom is 0.430 e. The highest BCUT2D eigenvalue weighted by atomic mass is 32.2. The van der Waals surface area contributed by atoms with Gasteiger partial charge in [0, 0.05) is 37.3 Å². The fraction of sp³-hybridized carbons (Fsp3) is 0.538. The second kappa shape index (κ2) is 9.79. The van der Waals surface area contributed by atoms with Gasteiger partial charge in [-0.3, -0.25) is 4.90 Å². The van der Waals surface area contributed by atoms with Crippen LogP contribution in [0.4, 0.5) is 26.3 Å². The van der Waals surface area contributed by atoms with Gasteiger partial charge in [-0.1, -0.05) is 50.2 Å². The molecule has 3 aliphatic rings. The van der Waals surface area contributed by atoms with Crippen LogP contribution in [0.1, 0.15) is 42.5 Å². The van der Waals surface area contributed by atoms with Gasteiger partial charge in [-0.05, 0) is 47.1 Å². The molecule has 3 heterocycles. The van der Waals surface area contributed by atoms with Crippen LogP contribution in [0.5, 0.6) is 0 Å². The molecular formula is C26H30F6N2O3S. The summed E-state index contributed by atoms with van der Waals surface area (Å²) < 4.78 is 106. The average Bonchev–Trinajstić information content (AvgIpc) is 2.80. The minimum atomic E-state index is -5.94. The number of halogens is 6. The Morgan fingerprint density at radius 3 is 1.84 bits per heavy atom. The van der Waals surface area contributed by atoms with Crippen LogP contribution in [-0.4, -0.2) is 66.5 Å². The van der Waals surface area contributed by atoms with E-state index in [1.54, 1.807) is 11.2 Å². The summed E-state index contributed by atoms with van der Waals surface area (Å²) in [6.07, 6.45) is -9.08. The minimum absolute atomic E-state index is 0.0358. The first-order valence-corrected chi connectivity index (χ1v) is 14.2. The lowest BCUT2D eigenvalue weighted by Crippen LogP contribution is -2.69. The smallest absolute Gasteiger partial charge is 0.369 e. The zero-order valence-corrected chi connectivity index (χ0v) is 22.0. The third-order valence-electron chi connectivity index (χ3n) is 7.56. The molecule has 38 heavy (non-hydrogen) atoms. The van der Waals surface area contributed by atoms with Crippen molar-refractivity contribution in [2.45, 2.75) is 69.7 Å². The van der Waals surface area contributed by atoms with Crippen molar-refractivity contribution in [3.05, 3.63) is 58.7 Å². The lowest BCUT2D eigenvalue weighted by Gasteiger charge is -2.54. The number of rotatable bonds is 7. The van der Waals surface area contributed by atoms with Crippen LogP contribution in [0.2, 0.25) is 0 Å². The third kappa shape index (κ3) is 4.96. The molecule has 210 valence electrons. The van der Waals surface area contributed by atoms with E-state index in [1.165, 1.54) is 12.3 Å². The Balaban J connectivity index is 1.61. The summed E-state index contributed by atoms with van der Waals surface area (Å²) in [7, 11) is -3.24. The lowest BCUT2D eigenvalue weighted by atomic mass is 9.85. The molecule has 2 aromatic carbocycles. The van der Waals surface area contributed by atoms with E-state index >= 15 is 0 Å². The molecule has 0 aliphatic carbocycles. The number of alkyl halides is 6. The van der Waals surface area contributed by atoms with Crippen LogP contribution in [0.3, 0.4) is 0 Å². The molecule has 0 spiro atoms. The molecule has 1 N–H and O–H groups in total. The van der Waals surface area contributed by atoms with E-state index in [2.05, 4.69) is 4.90 Å². The maximum atomic E-state index is 13.4. The van der Waals surface area contributed by atoms with Crippen LogP contribution in [0, 0.1) is 0 Å². The summed E-state index contributed by atoms with van der Waals surface area (Å²) in [6.45, 7) is 5.38. The summed E-state index contributed by atoms with van der Waals surface area (Å²) in [6, 6.07) is 8.28. The number of piperidine rings is 1. The Kier molecular flexibility index (Phi) is 7.44. The first kappa shape index (κ1) is 28.8. The number of benzene rings is 2. The predicted octanol–water partition coefficient (Wildman–Crippen LogP) is 5.01. The lowest BCUT2D eigenvalue weighted by molar-refractivity contribution is -0.376. The molecule has 3 aliphatic heterocycles. The molecule has 2 unspecified atom stereocenters. The summed E-state index contributed by atoms with van der Waals surface area (Å²) in [4.78, 5) is 2.19. The molecule has 0 radical (unpaired) electrons. The van der Waals surface area contributed by atoms with Crippen LogP contribution in [-0.2, 0) is 35.0 Å². The molecule has 3 fully saturated rings. The molecule has 5 nitrogen and oxygen atoms in total. The van der Waals surface area contributed by atoms with Crippen molar-refractivity contribution in [1.82, 2.24) is 9.21 Å². The highest BCUT2D eigenvalue weighted by molar-refractivity contribution is 7.88. The zero-order valence-electron chi connectivity index (χ0n) is 21.2. The summed E-state index contributed by atoms with van der Waals surface area (Å²) >= 11 is 0. The number of piperazine rings is 1. The standard InChI is InChI=1S/C26H30F6N2O3S/c1-4-17-10-16(13-33-14-20-12-21(15-33)34(20)38(3,36)37)6-8-22(17)23-9-7-19(11-18(23)5-2)24(35,25(27,28)29)26(30,31)32/h6-11,20-21,35H,4-5,12-15H2,1-3H3. The number of aliphatic hydroxyl groups is 1. The summed E-state index contributed by atoms with van der Waals surface area (Å²) in [5.74, 6) is 0. The zero-order chi connectivity index (χ0) is 28.3. The highest BCUT2D eigenvalue weighted by Gasteiger charge is 2.71. The van der Waals surface area contributed by atoms with Gasteiger partial charge < -0.3 is 5.11 Å². The number of nitrogens with zero attached hydrogens (tertiary/aromatic N) is 2. The van der Waals surface area contributed by atoms with Gasteiger partial charge in [-0.25, -0.2) is 8.42 Å². The van der Waals surface area contributed by atoms with Crippen LogP contribution >= 0.6 is 0 Å². The highest BCUT2D eigenvalue weighted by Crippen LogP contribution is 2.50. The van der Waals surface area contributed by atoms with Crippen molar-refractivity contribution in [2.75, 3.05) is 19.3 Å². The van der Waals surface area contributed by atoms with E-state index in [0.717, 1.165) is 23.6 Å². The van der Waals surface area contributed by atoms with E-state index in [0.29, 0.717) is 43.2 Å². The molecule has 2 bridgehead atoms. The van der Waals surface area contributed by atoms with Crippen molar-refractivity contribution < 1.29 is 39.9 Å². The fourth-order valence-corrected chi connectivity index (χ4v) is 7.14. The SMILES string of the molecule is CCc1cc(CN2CC3CC(C2)N3S(C)(=O)=O)ccc1-c1ccc(C(O)(C(F)(F)F)C(F)(F)F)cc1CC. The predicted molar refractivity (Wildman–Crippen MR) is 131 cm³/mol. The van der Waals surface area contributed by atoms with Gasteiger partial charge in [0.25, 0.3) is 5.60 Å². The Morgan fingerprint density at radius 1 is 0.868 bits per heavy atom. The van der Waals surface area contributed by atoms with Gasteiger partial charge >= 0.3 is 12.4 Å². The second-order valence-electron chi connectivity index (χ2n) is 10.1. The molecule has 2 atom stereocenters. The van der Waals surface area contributed by atoms with Gasteiger partial charge in [-0.2, -0.15) is 30.6 Å². The number of aryl methyl sites for hydroxylation is 2. The van der Waals surface area contributed by atoms with E-state index in [1.807, 2.05) is 25.1 Å². The van der Waals surface area contributed by atoms with Gasteiger partial charge in [-0.15, -0.1) is 0 Å². The van der Waals surface area contributed by atoms with E-state index in [-0.39, 0.29) is 24.1 Å².